The lowest BCUT2D eigenvalue weighted by Crippen LogP contribution is -2.38. The van der Waals surface area contributed by atoms with E-state index in [4.69, 9.17) is 0 Å². The fraction of sp³-hybridized carbons (Fsp3) is 0.800. The molecule has 0 radical (unpaired) electrons. The van der Waals surface area contributed by atoms with Crippen LogP contribution in [0.15, 0.2) is 0 Å². The zero-order chi connectivity index (χ0) is 14.7. The maximum atomic E-state index is 4.60. The van der Waals surface area contributed by atoms with Gasteiger partial charge in [0, 0.05) is 38.8 Å². The summed E-state index contributed by atoms with van der Waals surface area (Å²) < 4.78 is 2.05. The van der Waals surface area contributed by atoms with Crippen molar-refractivity contribution in [1.82, 2.24) is 20.0 Å². The SMILES string of the molecule is CNCc1c(C)nn(C)c1N1CCC(CN(C)C)CC1. The molecule has 0 bridgehead atoms. The molecular weight excluding hydrogens is 250 g/mol. The molecule has 0 atom stereocenters. The van der Waals surface area contributed by atoms with E-state index in [0.717, 1.165) is 31.2 Å². The van der Waals surface area contributed by atoms with E-state index in [0.29, 0.717) is 0 Å². The second kappa shape index (κ2) is 6.59. The highest BCUT2D eigenvalue weighted by molar-refractivity contribution is 5.50. The lowest BCUT2D eigenvalue weighted by Gasteiger charge is -2.35. The predicted octanol–water partition coefficient (Wildman–Crippen LogP) is 1.23. The fourth-order valence-corrected chi connectivity index (χ4v) is 3.31. The summed E-state index contributed by atoms with van der Waals surface area (Å²) in [7, 11) is 8.40. The van der Waals surface area contributed by atoms with E-state index >= 15 is 0 Å². The van der Waals surface area contributed by atoms with E-state index in [2.05, 4.69) is 48.3 Å². The number of hydrogen-bond donors (Lipinski definition) is 1. The van der Waals surface area contributed by atoms with Gasteiger partial charge in [-0.2, -0.15) is 5.10 Å². The van der Waals surface area contributed by atoms with Gasteiger partial charge in [0.25, 0.3) is 0 Å². The van der Waals surface area contributed by atoms with Crippen LogP contribution in [0.5, 0.6) is 0 Å². The van der Waals surface area contributed by atoms with Crippen molar-refractivity contribution in [3.8, 4) is 0 Å². The van der Waals surface area contributed by atoms with Gasteiger partial charge >= 0.3 is 0 Å². The predicted molar refractivity (Wildman–Crippen MR) is 84.2 cm³/mol. The normalized spacial score (nSPS) is 17.2. The van der Waals surface area contributed by atoms with Gasteiger partial charge in [-0.3, -0.25) is 4.68 Å². The number of nitrogens with zero attached hydrogens (tertiary/aromatic N) is 4. The molecule has 2 rings (SSSR count). The summed E-state index contributed by atoms with van der Waals surface area (Å²) in [5.74, 6) is 2.14. The highest BCUT2D eigenvalue weighted by Gasteiger charge is 2.24. The fourth-order valence-electron chi connectivity index (χ4n) is 3.31. The number of nitrogens with one attached hydrogen (secondary N) is 1. The molecule has 0 aliphatic carbocycles. The number of aryl methyl sites for hydroxylation is 2. The lowest BCUT2D eigenvalue weighted by molar-refractivity contribution is 0.284. The first-order valence-corrected chi connectivity index (χ1v) is 7.59. The topological polar surface area (TPSA) is 36.3 Å². The first-order chi connectivity index (χ1) is 9.52. The molecule has 1 saturated heterocycles. The molecule has 114 valence electrons. The van der Waals surface area contributed by atoms with Crippen LogP contribution in [0.4, 0.5) is 5.82 Å². The number of anilines is 1. The molecule has 0 spiro atoms. The van der Waals surface area contributed by atoms with Crippen LogP contribution in [0, 0.1) is 12.8 Å². The van der Waals surface area contributed by atoms with Gasteiger partial charge in [0.1, 0.15) is 5.82 Å². The molecule has 0 aromatic carbocycles. The van der Waals surface area contributed by atoms with Gasteiger partial charge < -0.3 is 15.1 Å². The molecule has 20 heavy (non-hydrogen) atoms. The van der Waals surface area contributed by atoms with Crippen molar-refractivity contribution in [2.75, 3.05) is 45.7 Å². The molecule has 0 saturated carbocycles. The van der Waals surface area contributed by atoms with Gasteiger partial charge in [0.15, 0.2) is 0 Å². The van der Waals surface area contributed by atoms with Gasteiger partial charge in [-0.1, -0.05) is 0 Å². The second-order valence-corrected chi connectivity index (χ2v) is 6.23. The highest BCUT2D eigenvalue weighted by atomic mass is 15.4. The molecule has 1 aliphatic heterocycles. The molecule has 0 unspecified atom stereocenters. The summed E-state index contributed by atoms with van der Waals surface area (Å²) >= 11 is 0. The minimum Gasteiger partial charge on any atom is -0.357 e. The van der Waals surface area contributed by atoms with Crippen LogP contribution in [0.3, 0.4) is 0 Å². The summed E-state index contributed by atoms with van der Waals surface area (Å²) in [6, 6.07) is 0. The van der Waals surface area contributed by atoms with Crippen molar-refractivity contribution >= 4 is 5.82 Å². The van der Waals surface area contributed by atoms with Crippen LogP contribution in [0.1, 0.15) is 24.1 Å². The Kier molecular flexibility index (Phi) is 5.05. The second-order valence-electron chi connectivity index (χ2n) is 6.23. The molecule has 1 aliphatic rings. The van der Waals surface area contributed by atoms with Crippen molar-refractivity contribution in [2.24, 2.45) is 13.0 Å². The van der Waals surface area contributed by atoms with Crippen molar-refractivity contribution in [1.29, 1.82) is 0 Å². The number of piperidine rings is 1. The van der Waals surface area contributed by atoms with Gasteiger partial charge in [-0.15, -0.1) is 0 Å². The Bertz CT molecular complexity index is 430. The maximum Gasteiger partial charge on any atom is 0.131 e. The molecule has 0 amide bonds. The largest absolute Gasteiger partial charge is 0.357 e. The lowest BCUT2D eigenvalue weighted by atomic mass is 9.96. The molecule has 1 N–H and O–H groups in total. The van der Waals surface area contributed by atoms with E-state index in [1.807, 2.05) is 11.7 Å². The third-order valence-electron chi connectivity index (χ3n) is 4.20. The van der Waals surface area contributed by atoms with Crippen molar-refractivity contribution in [2.45, 2.75) is 26.3 Å². The summed E-state index contributed by atoms with van der Waals surface area (Å²) in [5.41, 5.74) is 2.49. The summed E-state index contributed by atoms with van der Waals surface area (Å²) in [6.45, 7) is 6.51. The molecule has 5 nitrogen and oxygen atoms in total. The van der Waals surface area contributed by atoms with Crippen LogP contribution >= 0.6 is 0 Å². The highest BCUT2D eigenvalue weighted by Crippen LogP contribution is 2.28. The number of rotatable bonds is 5. The Morgan fingerprint density at radius 1 is 1.30 bits per heavy atom. The van der Waals surface area contributed by atoms with Gasteiger partial charge in [-0.25, -0.2) is 0 Å². The van der Waals surface area contributed by atoms with Crippen LogP contribution in [-0.2, 0) is 13.6 Å². The molecule has 1 fully saturated rings. The molecule has 1 aromatic heterocycles. The van der Waals surface area contributed by atoms with Crippen molar-refractivity contribution in [3.05, 3.63) is 11.3 Å². The maximum absolute atomic E-state index is 4.60. The standard InChI is InChI=1S/C15H29N5/c1-12-14(10-16-2)15(19(5)17-12)20-8-6-13(7-9-20)11-18(3)4/h13,16H,6-11H2,1-5H3. The van der Waals surface area contributed by atoms with Crippen LogP contribution in [-0.4, -0.2) is 55.5 Å². The van der Waals surface area contributed by atoms with Crippen LogP contribution in [0.25, 0.3) is 0 Å². The van der Waals surface area contributed by atoms with E-state index in [9.17, 15) is 0 Å². The molecular formula is C15H29N5. The molecule has 1 aromatic rings. The quantitative estimate of drug-likeness (QED) is 0.879. The smallest absolute Gasteiger partial charge is 0.131 e. The van der Waals surface area contributed by atoms with Crippen LogP contribution in [0.2, 0.25) is 0 Å². The van der Waals surface area contributed by atoms with Gasteiger partial charge in [0.2, 0.25) is 0 Å². The molecule has 2 heterocycles. The van der Waals surface area contributed by atoms with Crippen molar-refractivity contribution < 1.29 is 0 Å². The monoisotopic (exact) mass is 279 g/mol. The zero-order valence-electron chi connectivity index (χ0n) is 13.6. The summed E-state index contributed by atoms with van der Waals surface area (Å²) in [6.07, 6.45) is 2.56. The first kappa shape index (κ1) is 15.3. The van der Waals surface area contributed by atoms with E-state index < -0.39 is 0 Å². The Hall–Kier alpha value is -1.07. The zero-order valence-corrected chi connectivity index (χ0v) is 13.6. The van der Waals surface area contributed by atoms with E-state index in [-0.39, 0.29) is 0 Å². The minimum atomic E-state index is 0.836. The first-order valence-electron chi connectivity index (χ1n) is 7.59. The number of hydrogen-bond acceptors (Lipinski definition) is 4. The van der Waals surface area contributed by atoms with E-state index in [1.165, 1.54) is 30.8 Å². The third kappa shape index (κ3) is 3.33. The Morgan fingerprint density at radius 2 is 1.95 bits per heavy atom. The Labute approximate surface area is 122 Å². The summed E-state index contributed by atoms with van der Waals surface area (Å²) in [5, 5.41) is 7.86. The van der Waals surface area contributed by atoms with Gasteiger partial charge in [0.05, 0.1) is 5.69 Å². The van der Waals surface area contributed by atoms with Crippen molar-refractivity contribution in [3.63, 3.8) is 0 Å². The minimum absolute atomic E-state index is 0.836. The average molecular weight is 279 g/mol. The third-order valence-corrected chi connectivity index (χ3v) is 4.20. The summed E-state index contributed by atoms with van der Waals surface area (Å²) in [4.78, 5) is 4.82. The average Bonchev–Trinajstić information content (AvgIpc) is 2.65. The van der Waals surface area contributed by atoms with Crippen LogP contribution < -0.4 is 10.2 Å². The Balaban J connectivity index is 2.06. The Morgan fingerprint density at radius 3 is 2.50 bits per heavy atom. The molecule has 5 heteroatoms. The number of aromatic nitrogens is 2. The van der Waals surface area contributed by atoms with E-state index in [1.54, 1.807) is 0 Å². The van der Waals surface area contributed by atoms with Gasteiger partial charge in [-0.05, 0) is 46.8 Å².